The molecule has 3 aliphatic rings. The maximum Gasteiger partial charge on any atom is 0.0302 e. The van der Waals surface area contributed by atoms with Gasteiger partial charge in [0.1, 0.15) is 0 Å². The predicted molar refractivity (Wildman–Crippen MR) is 35.3 cm³/mol. The molecule has 2 heterocycles. The van der Waals surface area contributed by atoms with Gasteiger partial charge in [-0.25, -0.2) is 0 Å². The zero-order chi connectivity index (χ0) is 6.06. The van der Waals surface area contributed by atoms with Crippen molar-refractivity contribution >= 4 is 0 Å². The Labute approximate surface area is 55.2 Å². The highest BCUT2D eigenvalue weighted by atomic mass is 15.3. The van der Waals surface area contributed by atoms with Gasteiger partial charge >= 0.3 is 0 Å². The van der Waals surface area contributed by atoms with Crippen LogP contribution in [-0.4, -0.2) is 37.1 Å². The molecule has 50 valence electrons. The fraction of sp³-hybridized carbons (Fsp3) is 1.00. The van der Waals surface area contributed by atoms with Gasteiger partial charge in [0.15, 0.2) is 0 Å². The first kappa shape index (κ1) is 4.69. The molecule has 3 rings (SSSR count). The number of hydrogen-bond acceptors (Lipinski definition) is 2. The monoisotopic (exact) mass is 124 g/mol. The van der Waals surface area contributed by atoms with E-state index >= 15 is 0 Å². The second-order valence-electron chi connectivity index (χ2n) is 3.83. The molecule has 9 heavy (non-hydrogen) atoms. The SMILES string of the molecule is CN1CC23C[C@@H]2NCC13. The highest BCUT2D eigenvalue weighted by Crippen LogP contribution is 2.60. The van der Waals surface area contributed by atoms with E-state index < -0.39 is 0 Å². The van der Waals surface area contributed by atoms with Crippen molar-refractivity contribution in [3.05, 3.63) is 0 Å². The van der Waals surface area contributed by atoms with Crippen LogP contribution in [0.3, 0.4) is 0 Å². The molecular weight excluding hydrogens is 112 g/mol. The van der Waals surface area contributed by atoms with Crippen molar-refractivity contribution in [3.8, 4) is 0 Å². The van der Waals surface area contributed by atoms with Crippen LogP contribution in [0.5, 0.6) is 0 Å². The number of piperidine rings is 1. The van der Waals surface area contributed by atoms with Crippen molar-refractivity contribution in [2.24, 2.45) is 5.41 Å². The summed E-state index contributed by atoms with van der Waals surface area (Å²) in [5.74, 6) is 0. The largest absolute Gasteiger partial charge is 0.312 e. The van der Waals surface area contributed by atoms with Crippen molar-refractivity contribution in [1.29, 1.82) is 0 Å². The van der Waals surface area contributed by atoms with E-state index in [-0.39, 0.29) is 0 Å². The van der Waals surface area contributed by atoms with Gasteiger partial charge in [0.05, 0.1) is 0 Å². The summed E-state index contributed by atoms with van der Waals surface area (Å²) in [6, 6.07) is 1.82. The van der Waals surface area contributed by atoms with Gasteiger partial charge in [0, 0.05) is 30.6 Å². The van der Waals surface area contributed by atoms with Crippen LogP contribution in [0, 0.1) is 5.41 Å². The molecule has 0 radical (unpaired) electrons. The summed E-state index contributed by atoms with van der Waals surface area (Å²) in [4.78, 5) is 2.47. The van der Waals surface area contributed by atoms with Gasteiger partial charge in [-0.2, -0.15) is 0 Å². The van der Waals surface area contributed by atoms with Crippen molar-refractivity contribution < 1.29 is 0 Å². The molecule has 2 aliphatic heterocycles. The minimum atomic E-state index is 0.786. The van der Waals surface area contributed by atoms with Crippen molar-refractivity contribution in [3.63, 3.8) is 0 Å². The number of likely N-dealkylation sites (N-methyl/N-ethyl adjacent to an activating group) is 1. The molecule has 2 heteroatoms. The Hall–Kier alpha value is -0.0800. The predicted octanol–water partition coefficient (Wildman–Crippen LogP) is -0.338. The van der Waals surface area contributed by atoms with Crippen LogP contribution in [0.4, 0.5) is 0 Å². The molecular formula is C7H12N2. The summed E-state index contributed by atoms with van der Waals surface area (Å²) in [6.45, 7) is 2.61. The van der Waals surface area contributed by atoms with Gasteiger partial charge in [-0.15, -0.1) is 0 Å². The van der Waals surface area contributed by atoms with Gasteiger partial charge in [-0.3, -0.25) is 0 Å². The molecule has 3 fully saturated rings. The van der Waals surface area contributed by atoms with Crippen molar-refractivity contribution in [2.75, 3.05) is 20.1 Å². The Morgan fingerprint density at radius 1 is 1.67 bits per heavy atom. The summed E-state index contributed by atoms with van der Waals surface area (Å²) in [5, 5.41) is 3.54. The Bertz CT molecular complexity index is 166. The molecule has 2 saturated heterocycles. The van der Waals surface area contributed by atoms with E-state index in [9.17, 15) is 0 Å². The summed E-state index contributed by atoms with van der Waals surface area (Å²) >= 11 is 0. The van der Waals surface area contributed by atoms with Crippen LogP contribution in [0.25, 0.3) is 0 Å². The summed E-state index contributed by atoms with van der Waals surface area (Å²) in [6.07, 6.45) is 1.46. The fourth-order valence-electron chi connectivity index (χ4n) is 2.76. The lowest BCUT2D eigenvalue weighted by atomic mass is 9.87. The molecule has 0 amide bonds. The van der Waals surface area contributed by atoms with E-state index in [1.165, 1.54) is 19.5 Å². The summed E-state index contributed by atoms with van der Waals surface area (Å²) < 4.78 is 0. The number of rotatable bonds is 0. The minimum absolute atomic E-state index is 0.786. The van der Waals surface area contributed by atoms with Crippen LogP contribution in [0.15, 0.2) is 0 Å². The van der Waals surface area contributed by atoms with Crippen LogP contribution >= 0.6 is 0 Å². The van der Waals surface area contributed by atoms with Crippen LogP contribution in [-0.2, 0) is 0 Å². The van der Waals surface area contributed by atoms with Crippen LogP contribution < -0.4 is 5.32 Å². The molecule has 0 aromatic rings. The van der Waals surface area contributed by atoms with E-state index in [0.29, 0.717) is 0 Å². The third-order valence-electron chi connectivity index (χ3n) is 3.42. The molecule has 1 spiro atoms. The van der Waals surface area contributed by atoms with Gasteiger partial charge in [0.25, 0.3) is 0 Å². The first-order valence-corrected chi connectivity index (χ1v) is 3.76. The van der Waals surface area contributed by atoms with Crippen LogP contribution in [0.2, 0.25) is 0 Å². The summed E-state index contributed by atoms with van der Waals surface area (Å²) in [5.41, 5.74) is 0.786. The first-order chi connectivity index (χ1) is 4.33. The second-order valence-corrected chi connectivity index (χ2v) is 3.83. The van der Waals surface area contributed by atoms with E-state index in [0.717, 1.165) is 17.5 Å². The molecule has 1 aliphatic carbocycles. The Balaban J connectivity index is 1.94. The lowest BCUT2D eigenvalue weighted by molar-refractivity contribution is 0.0441. The maximum absolute atomic E-state index is 3.54. The van der Waals surface area contributed by atoms with E-state index in [2.05, 4.69) is 17.3 Å². The van der Waals surface area contributed by atoms with Crippen molar-refractivity contribution in [2.45, 2.75) is 18.5 Å². The topological polar surface area (TPSA) is 15.3 Å². The quantitative estimate of drug-likeness (QED) is 0.475. The molecule has 0 aromatic heterocycles. The van der Waals surface area contributed by atoms with E-state index in [1.54, 1.807) is 0 Å². The zero-order valence-corrected chi connectivity index (χ0v) is 5.72. The third kappa shape index (κ3) is 0.332. The van der Waals surface area contributed by atoms with Gasteiger partial charge < -0.3 is 10.2 Å². The standard InChI is InChI=1S/C7H12N2/c1-9-4-7-2-5(7)8-3-6(7)9/h5-6,8H,2-4H2,1H3/t5-,6?,7?/m0/s1. The molecule has 2 unspecified atom stereocenters. The summed E-state index contributed by atoms with van der Waals surface area (Å²) in [7, 11) is 2.23. The lowest BCUT2D eigenvalue weighted by Crippen LogP contribution is -2.56. The maximum atomic E-state index is 3.54. The lowest BCUT2D eigenvalue weighted by Gasteiger charge is -2.44. The highest BCUT2D eigenvalue weighted by Gasteiger charge is 2.70. The second kappa shape index (κ2) is 1.06. The number of hydrogen-bond donors (Lipinski definition) is 1. The number of likely N-dealkylation sites (tertiary alicyclic amines) is 1. The Morgan fingerprint density at radius 3 is 3.00 bits per heavy atom. The Morgan fingerprint density at radius 2 is 2.56 bits per heavy atom. The average molecular weight is 124 g/mol. The molecule has 0 bridgehead atoms. The first-order valence-electron chi connectivity index (χ1n) is 3.76. The Kier molecular flexibility index (Phi) is 0.552. The molecule has 3 atom stereocenters. The van der Waals surface area contributed by atoms with Gasteiger partial charge in [0.2, 0.25) is 0 Å². The molecule has 1 N–H and O–H groups in total. The number of nitrogens with zero attached hydrogens (tertiary/aromatic N) is 1. The zero-order valence-electron chi connectivity index (χ0n) is 5.72. The normalized spacial score (nSPS) is 62.3. The molecule has 1 saturated carbocycles. The fourth-order valence-corrected chi connectivity index (χ4v) is 2.76. The molecule has 2 nitrogen and oxygen atoms in total. The minimum Gasteiger partial charge on any atom is -0.312 e. The van der Waals surface area contributed by atoms with Crippen molar-refractivity contribution in [1.82, 2.24) is 10.2 Å². The van der Waals surface area contributed by atoms with Crippen LogP contribution in [0.1, 0.15) is 6.42 Å². The smallest absolute Gasteiger partial charge is 0.0302 e. The van der Waals surface area contributed by atoms with E-state index in [4.69, 9.17) is 0 Å². The number of nitrogens with one attached hydrogen (secondary N) is 1. The molecule has 0 aromatic carbocycles. The van der Waals surface area contributed by atoms with Gasteiger partial charge in [-0.05, 0) is 13.5 Å². The average Bonchev–Trinajstić information content (AvgIpc) is 2.41. The van der Waals surface area contributed by atoms with Gasteiger partial charge in [-0.1, -0.05) is 0 Å². The van der Waals surface area contributed by atoms with E-state index in [1.807, 2.05) is 0 Å². The highest BCUT2D eigenvalue weighted by molar-refractivity contribution is 5.26. The third-order valence-corrected chi connectivity index (χ3v) is 3.42.